The molecular formula is C15H18N6O. The predicted molar refractivity (Wildman–Crippen MR) is 82.0 cm³/mol. The van der Waals surface area contributed by atoms with Crippen LogP contribution in [-0.4, -0.2) is 30.5 Å². The molecule has 1 atom stereocenters. The summed E-state index contributed by atoms with van der Waals surface area (Å²) in [5.74, 6) is -0.0812. The molecule has 0 saturated carbocycles. The molecular weight excluding hydrogens is 280 g/mol. The van der Waals surface area contributed by atoms with E-state index in [1.807, 2.05) is 39.2 Å². The van der Waals surface area contributed by atoms with Gasteiger partial charge in [-0.05, 0) is 25.5 Å². The van der Waals surface area contributed by atoms with Gasteiger partial charge in [0, 0.05) is 26.0 Å². The number of rotatable bonds is 4. The molecule has 3 rings (SSSR count). The minimum absolute atomic E-state index is 0.0812. The maximum absolute atomic E-state index is 12.3. The van der Waals surface area contributed by atoms with Gasteiger partial charge < -0.3 is 5.32 Å². The standard InChI is InChI=1S/C15H18N6O/c1-10-14-13(20(3)18-10)9-21(19-14)11(2)15(22)17-8-12-5-4-6-16-7-12/h4-7,9,11H,8H2,1-3H3,(H,17,22)/t11-/m0/s1. The first-order valence-corrected chi connectivity index (χ1v) is 7.11. The van der Waals surface area contributed by atoms with Gasteiger partial charge in [0.15, 0.2) is 0 Å². The van der Waals surface area contributed by atoms with Gasteiger partial charge in [-0.15, -0.1) is 0 Å². The third-order valence-electron chi connectivity index (χ3n) is 3.67. The van der Waals surface area contributed by atoms with Crippen LogP contribution in [0.1, 0.15) is 24.2 Å². The summed E-state index contributed by atoms with van der Waals surface area (Å²) in [4.78, 5) is 16.3. The molecule has 0 aliphatic heterocycles. The molecule has 3 heterocycles. The van der Waals surface area contributed by atoms with Crippen molar-refractivity contribution >= 4 is 16.9 Å². The van der Waals surface area contributed by atoms with Gasteiger partial charge in [0.05, 0.1) is 11.9 Å². The van der Waals surface area contributed by atoms with E-state index in [0.29, 0.717) is 6.54 Å². The Morgan fingerprint density at radius 3 is 2.91 bits per heavy atom. The van der Waals surface area contributed by atoms with Crippen LogP contribution in [0.3, 0.4) is 0 Å². The van der Waals surface area contributed by atoms with Crippen LogP contribution in [0.25, 0.3) is 11.0 Å². The van der Waals surface area contributed by atoms with E-state index >= 15 is 0 Å². The fraction of sp³-hybridized carbons (Fsp3) is 0.333. The number of nitrogens with zero attached hydrogens (tertiary/aromatic N) is 5. The zero-order chi connectivity index (χ0) is 15.7. The molecule has 0 bridgehead atoms. The number of hydrogen-bond donors (Lipinski definition) is 1. The predicted octanol–water partition coefficient (Wildman–Crippen LogP) is 1.35. The quantitative estimate of drug-likeness (QED) is 0.788. The van der Waals surface area contributed by atoms with Crippen LogP contribution in [0, 0.1) is 6.92 Å². The van der Waals surface area contributed by atoms with Gasteiger partial charge in [-0.1, -0.05) is 6.07 Å². The molecule has 0 aliphatic carbocycles. The van der Waals surface area contributed by atoms with Gasteiger partial charge in [0.1, 0.15) is 17.1 Å². The van der Waals surface area contributed by atoms with E-state index in [9.17, 15) is 4.79 Å². The van der Waals surface area contributed by atoms with Gasteiger partial charge in [0.25, 0.3) is 0 Å². The van der Waals surface area contributed by atoms with Crippen LogP contribution in [0.2, 0.25) is 0 Å². The number of pyridine rings is 1. The number of aryl methyl sites for hydroxylation is 2. The van der Waals surface area contributed by atoms with Crippen LogP contribution in [0.4, 0.5) is 0 Å². The normalized spacial score (nSPS) is 12.5. The molecule has 0 spiro atoms. The monoisotopic (exact) mass is 298 g/mol. The maximum atomic E-state index is 12.3. The Labute approximate surface area is 128 Å². The van der Waals surface area contributed by atoms with E-state index in [1.165, 1.54) is 0 Å². The minimum Gasteiger partial charge on any atom is -0.350 e. The van der Waals surface area contributed by atoms with E-state index in [2.05, 4.69) is 20.5 Å². The number of carbonyl (C=O) groups is 1. The zero-order valence-corrected chi connectivity index (χ0v) is 12.8. The topological polar surface area (TPSA) is 77.6 Å². The molecule has 7 nitrogen and oxygen atoms in total. The first kappa shape index (κ1) is 14.2. The van der Waals surface area contributed by atoms with Crippen molar-refractivity contribution in [3.8, 4) is 0 Å². The zero-order valence-electron chi connectivity index (χ0n) is 12.8. The highest BCUT2D eigenvalue weighted by atomic mass is 16.2. The Kier molecular flexibility index (Phi) is 3.62. The third kappa shape index (κ3) is 2.57. The molecule has 0 unspecified atom stereocenters. The fourth-order valence-electron chi connectivity index (χ4n) is 2.36. The van der Waals surface area contributed by atoms with Crippen molar-refractivity contribution < 1.29 is 4.79 Å². The highest BCUT2D eigenvalue weighted by Crippen LogP contribution is 2.17. The van der Waals surface area contributed by atoms with Gasteiger partial charge in [-0.3, -0.25) is 19.1 Å². The molecule has 0 aliphatic rings. The Hall–Kier alpha value is -2.70. The molecule has 0 aromatic carbocycles. The van der Waals surface area contributed by atoms with Gasteiger partial charge in [-0.2, -0.15) is 10.2 Å². The summed E-state index contributed by atoms with van der Waals surface area (Å²) in [7, 11) is 1.87. The maximum Gasteiger partial charge on any atom is 0.244 e. The summed E-state index contributed by atoms with van der Waals surface area (Å²) in [6.45, 7) is 4.19. The van der Waals surface area contributed by atoms with Crippen LogP contribution in [-0.2, 0) is 18.4 Å². The van der Waals surface area contributed by atoms with Gasteiger partial charge in [0.2, 0.25) is 5.91 Å². The average molecular weight is 298 g/mol. The van der Waals surface area contributed by atoms with Crippen molar-refractivity contribution in [1.82, 2.24) is 29.9 Å². The third-order valence-corrected chi connectivity index (χ3v) is 3.67. The van der Waals surface area contributed by atoms with Crippen LogP contribution >= 0.6 is 0 Å². The molecule has 0 radical (unpaired) electrons. The summed E-state index contributed by atoms with van der Waals surface area (Å²) in [5.41, 5.74) is 3.58. The van der Waals surface area contributed by atoms with E-state index in [1.54, 1.807) is 21.8 Å². The highest BCUT2D eigenvalue weighted by molar-refractivity contribution is 5.81. The van der Waals surface area contributed by atoms with Gasteiger partial charge >= 0.3 is 0 Å². The second-order valence-electron chi connectivity index (χ2n) is 5.31. The SMILES string of the molecule is Cc1nn(C)c2cn([C@@H](C)C(=O)NCc3cccnc3)nc12. The first-order valence-electron chi connectivity index (χ1n) is 7.11. The highest BCUT2D eigenvalue weighted by Gasteiger charge is 2.18. The van der Waals surface area contributed by atoms with Crippen LogP contribution in [0.15, 0.2) is 30.7 Å². The number of amides is 1. The number of fused-ring (bicyclic) bond motifs is 1. The van der Waals surface area contributed by atoms with Crippen molar-refractivity contribution in [2.75, 3.05) is 0 Å². The van der Waals surface area contributed by atoms with Crippen LogP contribution < -0.4 is 5.32 Å². The largest absolute Gasteiger partial charge is 0.350 e. The summed E-state index contributed by atoms with van der Waals surface area (Å²) in [6, 6.07) is 3.39. The van der Waals surface area contributed by atoms with Gasteiger partial charge in [-0.25, -0.2) is 0 Å². The lowest BCUT2D eigenvalue weighted by atomic mass is 10.2. The minimum atomic E-state index is -0.386. The molecule has 22 heavy (non-hydrogen) atoms. The molecule has 0 saturated heterocycles. The fourth-order valence-corrected chi connectivity index (χ4v) is 2.36. The molecule has 114 valence electrons. The number of hydrogen-bond acceptors (Lipinski definition) is 4. The Morgan fingerprint density at radius 1 is 1.41 bits per heavy atom. The van der Waals surface area contributed by atoms with E-state index in [4.69, 9.17) is 0 Å². The second kappa shape index (κ2) is 5.59. The Morgan fingerprint density at radius 2 is 2.23 bits per heavy atom. The summed E-state index contributed by atoms with van der Waals surface area (Å²) in [5, 5.41) is 11.7. The van der Waals surface area contributed by atoms with Crippen molar-refractivity contribution in [1.29, 1.82) is 0 Å². The molecule has 3 aromatic heterocycles. The molecule has 3 aromatic rings. The Bertz CT molecular complexity index is 770. The van der Waals surface area contributed by atoms with E-state index in [-0.39, 0.29) is 11.9 Å². The molecule has 1 N–H and O–H groups in total. The smallest absolute Gasteiger partial charge is 0.244 e. The lowest BCUT2D eigenvalue weighted by Gasteiger charge is -2.12. The van der Waals surface area contributed by atoms with Crippen molar-refractivity contribution in [2.45, 2.75) is 26.4 Å². The first-order chi connectivity index (χ1) is 10.6. The average Bonchev–Trinajstić information content (AvgIpc) is 3.07. The van der Waals surface area contributed by atoms with Crippen molar-refractivity contribution in [3.63, 3.8) is 0 Å². The number of aromatic nitrogens is 5. The lowest BCUT2D eigenvalue weighted by molar-refractivity contribution is -0.124. The molecule has 7 heteroatoms. The number of nitrogens with one attached hydrogen (secondary N) is 1. The van der Waals surface area contributed by atoms with E-state index in [0.717, 1.165) is 22.3 Å². The van der Waals surface area contributed by atoms with Crippen molar-refractivity contribution in [3.05, 3.63) is 42.0 Å². The summed E-state index contributed by atoms with van der Waals surface area (Å²) in [6.07, 6.45) is 5.30. The summed E-state index contributed by atoms with van der Waals surface area (Å²) < 4.78 is 3.45. The summed E-state index contributed by atoms with van der Waals surface area (Å²) >= 11 is 0. The van der Waals surface area contributed by atoms with Crippen molar-refractivity contribution in [2.24, 2.45) is 7.05 Å². The molecule has 1 amide bonds. The second-order valence-corrected chi connectivity index (χ2v) is 5.31. The molecule has 0 fully saturated rings. The van der Waals surface area contributed by atoms with E-state index < -0.39 is 0 Å². The lowest BCUT2D eigenvalue weighted by Crippen LogP contribution is -2.30. The Balaban J connectivity index is 1.73. The van der Waals surface area contributed by atoms with Crippen LogP contribution in [0.5, 0.6) is 0 Å². The number of carbonyl (C=O) groups excluding carboxylic acids is 1.